The summed E-state index contributed by atoms with van der Waals surface area (Å²) in [5.74, 6) is -0.103. The number of nitrogens with zero attached hydrogens (tertiary/aromatic N) is 4. The molecule has 0 aromatic carbocycles. The predicted molar refractivity (Wildman–Crippen MR) is 69.9 cm³/mol. The standard InChI is InChI=1S/C13H11ClN4O/c1-8-10(13(19)17-5-9(4-15)6-17)7-18-12(8)11(14)2-3-16-18/h2-3,7,9H,5-6H2,1H3. The van der Waals surface area contributed by atoms with Crippen LogP contribution in [0.3, 0.4) is 0 Å². The molecule has 1 aliphatic heterocycles. The first-order valence-corrected chi connectivity index (χ1v) is 6.31. The number of hydrogen-bond donors (Lipinski definition) is 0. The topological polar surface area (TPSA) is 61.4 Å². The third-order valence-corrected chi connectivity index (χ3v) is 3.76. The van der Waals surface area contributed by atoms with Crippen LogP contribution in [-0.2, 0) is 0 Å². The monoisotopic (exact) mass is 274 g/mol. The lowest BCUT2D eigenvalue weighted by Gasteiger charge is -2.35. The fourth-order valence-electron chi connectivity index (χ4n) is 2.32. The lowest BCUT2D eigenvalue weighted by atomic mass is 10.0. The summed E-state index contributed by atoms with van der Waals surface area (Å²) in [4.78, 5) is 14.0. The van der Waals surface area contributed by atoms with E-state index in [1.54, 1.807) is 27.9 Å². The molecule has 6 heteroatoms. The van der Waals surface area contributed by atoms with E-state index in [0.717, 1.165) is 11.1 Å². The van der Waals surface area contributed by atoms with E-state index in [0.29, 0.717) is 23.7 Å². The van der Waals surface area contributed by atoms with E-state index in [9.17, 15) is 4.79 Å². The molecule has 0 saturated carbocycles. The van der Waals surface area contributed by atoms with Gasteiger partial charge in [0.25, 0.3) is 5.91 Å². The van der Waals surface area contributed by atoms with Crippen molar-refractivity contribution in [1.82, 2.24) is 14.5 Å². The Hall–Kier alpha value is -2.06. The Morgan fingerprint density at radius 3 is 2.95 bits per heavy atom. The van der Waals surface area contributed by atoms with Crippen molar-refractivity contribution in [3.05, 3.63) is 34.6 Å². The zero-order valence-corrected chi connectivity index (χ0v) is 11.1. The maximum atomic E-state index is 12.3. The first kappa shape index (κ1) is 12.0. The summed E-state index contributed by atoms with van der Waals surface area (Å²) in [6.45, 7) is 2.86. The molecule has 0 bridgehead atoms. The minimum Gasteiger partial charge on any atom is -0.336 e. The number of carbonyl (C=O) groups is 1. The Morgan fingerprint density at radius 2 is 2.32 bits per heavy atom. The molecule has 1 saturated heterocycles. The van der Waals surface area contributed by atoms with Crippen molar-refractivity contribution in [1.29, 1.82) is 5.26 Å². The van der Waals surface area contributed by atoms with Gasteiger partial charge in [-0.25, -0.2) is 4.52 Å². The molecule has 0 radical (unpaired) electrons. The highest BCUT2D eigenvalue weighted by Crippen LogP contribution is 2.26. The number of nitriles is 1. The lowest BCUT2D eigenvalue weighted by molar-refractivity contribution is 0.0576. The molecule has 1 aliphatic rings. The van der Waals surface area contributed by atoms with Gasteiger partial charge in [0.2, 0.25) is 0 Å². The molecular weight excluding hydrogens is 264 g/mol. The quantitative estimate of drug-likeness (QED) is 0.798. The van der Waals surface area contributed by atoms with Gasteiger partial charge in [-0.05, 0) is 18.6 Å². The van der Waals surface area contributed by atoms with Crippen LogP contribution in [0.2, 0.25) is 5.02 Å². The van der Waals surface area contributed by atoms with Gasteiger partial charge in [-0.1, -0.05) is 11.6 Å². The number of halogens is 1. The number of fused-ring (bicyclic) bond motifs is 1. The van der Waals surface area contributed by atoms with Crippen LogP contribution < -0.4 is 0 Å². The number of aromatic nitrogens is 2. The van der Waals surface area contributed by atoms with Crippen LogP contribution in [0.1, 0.15) is 15.9 Å². The highest BCUT2D eigenvalue weighted by Gasteiger charge is 2.32. The highest BCUT2D eigenvalue weighted by atomic mass is 35.5. The van der Waals surface area contributed by atoms with E-state index >= 15 is 0 Å². The molecule has 0 atom stereocenters. The molecule has 2 aromatic heterocycles. The third kappa shape index (κ3) is 1.76. The molecule has 2 aromatic rings. The summed E-state index contributed by atoms with van der Waals surface area (Å²) in [6, 6.07) is 3.86. The summed E-state index contributed by atoms with van der Waals surface area (Å²) >= 11 is 6.12. The molecule has 3 rings (SSSR count). The fourth-order valence-corrected chi connectivity index (χ4v) is 2.61. The average molecular weight is 275 g/mol. The molecule has 5 nitrogen and oxygen atoms in total. The highest BCUT2D eigenvalue weighted by molar-refractivity contribution is 6.34. The van der Waals surface area contributed by atoms with Crippen LogP contribution in [-0.4, -0.2) is 33.5 Å². The minimum atomic E-state index is -0.0643. The van der Waals surface area contributed by atoms with E-state index in [4.69, 9.17) is 16.9 Å². The van der Waals surface area contributed by atoms with Crippen molar-refractivity contribution in [2.24, 2.45) is 5.92 Å². The van der Waals surface area contributed by atoms with Crippen LogP contribution in [0.15, 0.2) is 18.5 Å². The zero-order chi connectivity index (χ0) is 13.6. The predicted octanol–water partition coefficient (Wildman–Crippen LogP) is 1.89. The van der Waals surface area contributed by atoms with Crippen LogP contribution in [0, 0.1) is 24.2 Å². The minimum absolute atomic E-state index is 0.0389. The number of carbonyl (C=O) groups excluding carboxylic acids is 1. The van der Waals surface area contributed by atoms with Gasteiger partial charge in [0, 0.05) is 25.5 Å². The molecule has 0 spiro atoms. The van der Waals surface area contributed by atoms with Gasteiger partial charge in [0.1, 0.15) is 0 Å². The summed E-state index contributed by atoms with van der Waals surface area (Å²) in [5.41, 5.74) is 2.17. The molecule has 0 aliphatic carbocycles. The number of amides is 1. The van der Waals surface area contributed by atoms with Crippen LogP contribution >= 0.6 is 11.6 Å². The van der Waals surface area contributed by atoms with Gasteiger partial charge in [-0.3, -0.25) is 4.79 Å². The molecule has 1 fully saturated rings. The summed E-state index contributed by atoms with van der Waals surface area (Å²) in [7, 11) is 0. The van der Waals surface area contributed by atoms with Gasteiger partial charge in [-0.2, -0.15) is 10.4 Å². The Bertz CT molecular complexity index is 709. The second-order valence-corrected chi connectivity index (χ2v) is 5.08. The largest absolute Gasteiger partial charge is 0.336 e. The van der Waals surface area contributed by atoms with E-state index in [-0.39, 0.29) is 11.8 Å². The Kier molecular flexibility index (Phi) is 2.68. The Labute approximate surface area is 115 Å². The second-order valence-electron chi connectivity index (χ2n) is 4.68. The number of likely N-dealkylation sites (tertiary alicyclic amines) is 1. The molecule has 0 unspecified atom stereocenters. The Morgan fingerprint density at radius 1 is 1.58 bits per heavy atom. The molecule has 3 heterocycles. The second kappa shape index (κ2) is 4.25. The van der Waals surface area contributed by atoms with Crippen molar-refractivity contribution < 1.29 is 4.79 Å². The summed E-state index contributed by atoms with van der Waals surface area (Å²) in [5, 5.41) is 13.5. The SMILES string of the molecule is Cc1c(C(=O)N2CC(C#N)C2)cn2nccc(Cl)c12. The van der Waals surface area contributed by atoms with Gasteiger partial charge in [0.05, 0.1) is 28.1 Å². The van der Waals surface area contributed by atoms with E-state index in [1.165, 1.54) is 0 Å². The van der Waals surface area contributed by atoms with Crippen molar-refractivity contribution in [3.63, 3.8) is 0 Å². The normalized spacial score (nSPS) is 15.3. The van der Waals surface area contributed by atoms with Crippen LogP contribution in [0.5, 0.6) is 0 Å². The third-order valence-electron chi connectivity index (χ3n) is 3.46. The first-order valence-electron chi connectivity index (χ1n) is 5.93. The number of rotatable bonds is 1. The maximum absolute atomic E-state index is 12.3. The van der Waals surface area contributed by atoms with Crippen LogP contribution in [0.4, 0.5) is 0 Å². The average Bonchev–Trinajstić information content (AvgIpc) is 2.66. The van der Waals surface area contributed by atoms with Gasteiger partial charge >= 0.3 is 0 Å². The number of aryl methyl sites for hydroxylation is 1. The summed E-state index contributed by atoms with van der Waals surface area (Å²) in [6.07, 6.45) is 3.29. The molecule has 0 N–H and O–H groups in total. The molecule has 1 amide bonds. The van der Waals surface area contributed by atoms with E-state index < -0.39 is 0 Å². The first-order chi connectivity index (χ1) is 9.11. The van der Waals surface area contributed by atoms with Gasteiger partial charge in [0.15, 0.2) is 0 Å². The van der Waals surface area contributed by atoms with Crippen molar-refractivity contribution in [2.45, 2.75) is 6.92 Å². The van der Waals surface area contributed by atoms with Crippen molar-refractivity contribution in [3.8, 4) is 6.07 Å². The van der Waals surface area contributed by atoms with Gasteiger partial charge < -0.3 is 4.90 Å². The zero-order valence-electron chi connectivity index (χ0n) is 10.3. The summed E-state index contributed by atoms with van der Waals surface area (Å²) < 4.78 is 1.62. The molecule has 19 heavy (non-hydrogen) atoms. The molecular formula is C13H11ClN4O. The number of hydrogen-bond acceptors (Lipinski definition) is 3. The van der Waals surface area contributed by atoms with Gasteiger partial charge in [-0.15, -0.1) is 0 Å². The van der Waals surface area contributed by atoms with E-state index in [1.807, 2.05) is 6.92 Å². The van der Waals surface area contributed by atoms with Crippen molar-refractivity contribution in [2.75, 3.05) is 13.1 Å². The van der Waals surface area contributed by atoms with Crippen LogP contribution in [0.25, 0.3) is 5.52 Å². The molecule has 96 valence electrons. The van der Waals surface area contributed by atoms with E-state index in [2.05, 4.69) is 11.2 Å². The lowest BCUT2D eigenvalue weighted by Crippen LogP contribution is -2.49. The fraction of sp³-hybridized carbons (Fsp3) is 0.308. The smallest absolute Gasteiger partial charge is 0.255 e. The van der Waals surface area contributed by atoms with Crippen molar-refractivity contribution >= 4 is 23.0 Å². The maximum Gasteiger partial charge on any atom is 0.255 e. The Balaban J connectivity index is 1.98.